The fraction of sp³-hybridized carbons (Fsp3) is 0.391. The van der Waals surface area contributed by atoms with E-state index in [0.29, 0.717) is 18.5 Å². The Labute approximate surface area is 196 Å². The molecule has 1 aliphatic carbocycles. The van der Waals surface area contributed by atoms with Crippen LogP contribution in [0.25, 0.3) is 0 Å². The number of halogens is 3. The van der Waals surface area contributed by atoms with E-state index in [1.807, 2.05) is 0 Å². The number of esters is 1. The van der Waals surface area contributed by atoms with Crippen molar-refractivity contribution >= 4 is 27.6 Å². The van der Waals surface area contributed by atoms with Crippen LogP contribution in [0.4, 0.5) is 18.9 Å². The van der Waals surface area contributed by atoms with Crippen LogP contribution in [0.1, 0.15) is 42.1 Å². The summed E-state index contributed by atoms with van der Waals surface area (Å²) in [5.41, 5.74) is -0.973. The number of sulfonamides is 1. The summed E-state index contributed by atoms with van der Waals surface area (Å²) >= 11 is 0. The van der Waals surface area contributed by atoms with E-state index in [1.165, 1.54) is 30.3 Å². The van der Waals surface area contributed by atoms with Crippen LogP contribution in [0, 0.1) is 5.92 Å². The van der Waals surface area contributed by atoms with Crippen molar-refractivity contribution < 1.29 is 35.9 Å². The Balaban J connectivity index is 1.72. The molecule has 0 saturated heterocycles. The van der Waals surface area contributed by atoms with Gasteiger partial charge in [0.25, 0.3) is 15.9 Å². The van der Waals surface area contributed by atoms with Gasteiger partial charge in [-0.2, -0.15) is 13.2 Å². The van der Waals surface area contributed by atoms with Gasteiger partial charge in [-0.1, -0.05) is 6.07 Å². The van der Waals surface area contributed by atoms with Gasteiger partial charge in [0.05, 0.1) is 23.5 Å². The van der Waals surface area contributed by atoms with Crippen LogP contribution in [0.5, 0.6) is 0 Å². The molecule has 2 aromatic carbocycles. The molecule has 0 spiro atoms. The second kappa shape index (κ2) is 10.5. The number of nitrogens with one attached hydrogen (secondary N) is 1. The molecule has 0 unspecified atom stereocenters. The Hall–Kier alpha value is -3.08. The lowest BCUT2D eigenvalue weighted by molar-refractivity contribution is -0.143. The first kappa shape index (κ1) is 25.5. The Morgan fingerprint density at radius 2 is 1.79 bits per heavy atom. The Morgan fingerprint density at radius 3 is 2.38 bits per heavy atom. The number of hydrogen-bond acceptors (Lipinski definition) is 5. The maximum absolute atomic E-state index is 13.0. The maximum Gasteiger partial charge on any atom is 0.416 e. The SMILES string of the molecule is CCOC(=O)CCN(CC1CC1)C(=O)c1ccc(S(=O)(=O)Nc2cccc(C(F)(F)F)c2)cc1. The molecule has 2 aromatic rings. The third-order valence-corrected chi connectivity index (χ3v) is 6.60. The van der Waals surface area contributed by atoms with Gasteiger partial charge >= 0.3 is 12.1 Å². The normalized spacial score (nSPS) is 13.9. The van der Waals surface area contributed by atoms with Gasteiger partial charge in [-0.25, -0.2) is 8.42 Å². The fourth-order valence-electron chi connectivity index (χ4n) is 3.28. The zero-order valence-electron chi connectivity index (χ0n) is 18.5. The van der Waals surface area contributed by atoms with Gasteiger partial charge in [0.1, 0.15) is 0 Å². The molecule has 1 fully saturated rings. The lowest BCUT2D eigenvalue weighted by Crippen LogP contribution is -2.35. The number of nitrogens with zero attached hydrogens (tertiary/aromatic N) is 1. The highest BCUT2D eigenvalue weighted by Gasteiger charge is 2.31. The molecule has 1 N–H and O–H groups in total. The molecule has 184 valence electrons. The second-order valence-corrected chi connectivity index (χ2v) is 9.64. The molecule has 0 radical (unpaired) electrons. The maximum atomic E-state index is 13.0. The van der Waals surface area contributed by atoms with E-state index in [2.05, 4.69) is 4.72 Å². The van der Waals surface area contributed by atoms with Gasteiger partial charge in [0.2, 0.25) is 0 Å². The van der Waals surface area contributed by atoms with Crippen LogP contribution in [-0.4, -0.2) is 44.9 Å². The number of alkyl halides is 3. The molecule has 34 heavy (non-hydrogen) atoms. The highest BCUT2D eigenvalue weighted by atomic mass is 32.2. The number of hydrogen-bond donors (Lipinski definition) is 1. The largest absolute Gasteiger partial charge is 0.466 e. The predicted octanol–water partition coefficient (Wildman–Crippen LogP) is 4.31. The minimum atomic E-state index is -4.61. The molecular formula is C23H25F3N2O5S. The number of carbonyl (C=O) groups excluding carboxylic acids is 2. The van der Waals surface area contributed by atoms with Crippen molar-refractivity contribution in [2.24, 2.45) is 5.92 Å². The van der Waals surface area contributed by atoms with Crippen molar-refractivity contribution in [3.05, 3.63) is 59.7 Å². The highest BCUT2D eigenvalue weighted by molar-refractivity contribution is 7.92. The standard InChI is InChI=1S/C23H25F3N2O5S/c1-2-33-21(29)12-13-28(15-16-6-7-16)22(30)17-8-10-20(11-9-17)34(31,32)27-19-5-3-4-18(14-19)23(24,25)26/h3-5,8-11,14,16,27H,2,6-7,12-13,15H2,1H3. The van der Waals surface area contributed by atoms with Gasteiger partial charge in [0, 0.05) is 24.3 Å². The summed E-state index contributed by atoms with van der Waals surface area (Å²) in [6.45, 7) is 2.63. The highest BCUT2D eigenvalue weighted by Crippen LogP contribution is 2.32. The van der Waals surface area contributed by atoms with Crippen LogP contribution in [0.3, 0.4) is 0 Å². The molecule has 0 heterocycles. The van der Waals surface area contributed by atoms with Gasteiger partial charge in [-0.3, -0.25) is 14.3 Å². The summed E-state index contributed by atoms with van der Waals surface area (Å²) in [7, 11) is -4.18. The molecule has 0 aromatic heterocycles. The topological polar surface area (TPSA) is 92.8 Å². The van der Waals surface area contributed by atoms with Gasteiger partial charge in [-0.15, -0.1) is 0 Å². The molecule has 1 aliphatic rings. The number of rotatable bonds is 10. The van der Waals surface area contributed by atoms with Crippen molar-refractivity contribution in [3.63, 3.8) is 0 Å². The van der Waals surface area contributed by atoms with Crippen molar-refractivity contribution in [1.29, 1.82) is 0 Å². The fourth-order valence-corrected chi connectivity index (χ4v) is 4.33. The molecule has 11 heteroatoms. The summed E-state index contributed by atoms with van der Waals surface area (Å²) in [4.78, 5) is 26.0. The van der Waals surface area contributed by atoms with Crippen LogP contribution < -0.4 is 4.72 Å². The monoisotopic (exact) mass is 498 g/mol. The van der Waals surface area contributed by atoms with Crippen LogP contribution >= 0.6 is 0 Å². The van der Waals surface area contributed by atoms with Crippen LogP contribution in [-0.2, 0) is 25.7 Å². The van der Waals surface area contributed by atoms with Gasteiger partial charge < -0.3 is 9.64 Å². The number of carbonyl (C=O) groups is 2. The molecule has 3 rings (SSSR count). The summed E-state index contributed by atoms with van der Waals surface area (Å²) in [6.07, 6.45) is -2.55. The first-order valence-corrected chi connectivity index (χ1v) is 12.2. The van der Waals surface area contributed by atoms with E-state index >= 15 is 0 Å². The predicted molar refractivity (Wildman–Crippen MR) is 119 cm³/mol. The smallest absolute Gasteiger partial charge is 0.416 e. The van der Waals surface area contributed by atoms with Crippen molar-refractivity contribution in [2.45, 2.75) is 37.3 Å². The number of benzene rings is 2. The van der Waals surface area contributed by atoms with E-state index in [9.17, 15) is 31.2 Å². The van der Waals surface area contributed by atoms with Crippen molar-refractivity contribution in [1.82, 2.24) is 4.90 Å². The first-order valence-electron chi connectivity index (χ1n) is 10.7. The molecule has 0 aliphatic heterocycles. The molecule has 1 saturated carbocycles. The van der Waals surface area contributed by atoms with Crippen molar-refractivity contribution in [2.75, 3.05) is 24.4 Å². The number of ether oxygens (including phenoxy) is 1. The first-order chi connectivity index (χ1) is 16.0. The van der Waals surface area contributed by atoms with E-state index in [4.69, 9.17) is 4.74 Å². The van der Waals surface area contributed by atoms with Crippen LogP contribution in [0.2, 0.25) is 0 Å². The Kier molecular flexibility index (Phi) is 7.86. The molecule has 0 atom stereocenters. The lowest BCUT2D eigenvalue weighted by Gasteiger charge is -2.22. The minimum absolute atomic E-state index is 0.0552. The molecule has 7 nitrogen and oxygen atoms in total. The third kappa shape index (κ3) is 6.96. The number of anilines is 1. The quantitative estimate of drug-likeness (QED) is 0.493. The zero-order valence-corrected chi connectivity index (χ0v) is 19.3. The van der Waals surface area contributed by atoms with Crippen LogP contribution in [0.15, 0.2) is 53.4 Å². The van der Waals surface area contributed by atoms with Gasteiger partial charge in [-0.05, 0) is 68.1 Å². The van der Waals surface area contributed by atoms with E-state index in [-0.39, 0.29) is 41.6 Å². The second-order valence-electron chi connectivity index (χ2n) is 7.96. The van der Waals surface area contributed by atoms with Gasteiger partial charge in [0.15, 0.2) is 0 Å². The van der Waals surface area contributed by atoms with E-state index in [0.717, 1.165) is 25.0 Å². The summed E-state index contributed by atoms with van der Waals surface area (Å²) in [5, 5.41) is 0. The molecular weight excluding hydrogens is 473 g/mol. The lowest BCUT2D eigenvalue weighted by atomic mass is 10.2. The molecule has 1 amide bonds. The minimum Gasteiger partial charge on any atom is -0.466 e. The summed E-state index contributed by atoms with van der Waals surface area (Å²) in [6, 6.07) is 8.97. The average Bonchev–Trinajstić information content (AvgIpc) is 3.60. The van der Waals surface area contributed by atoms with E-state index < -0.39 is 27.7 Å². The Bertz CT molecular complexity index is 1130. The van der Waals surface area contributed by atoms with E-state index in [1.54, 1.807) is 11.8 Å². The summed E-state index contributed by atoms with van der Waals surface area (Å²) in [5.74, 6) is -0.369. The zero-order chi connectivity index (χ0) is 24.9. The summed E-state index contributed by atoms with van der Waals surface area (Å²) < 4.78 is 71.0. The average molecular weight is 499 g/mol. The molecule has 0 bridgehead atoms. The van der Waals surface area contributed by atoms with Crippen molar-refractivity contribution in [3.8, 4) is 0 Å². The Morgan fingerprint density at radius 1 is 1.12 bits per heavy atom. The number of amides is 1. The third-order valence-electron chi connectivity index (χ3n) is 5.21.